The first-order valence-electron chi connectivity index (χ1n) is 16.1. The maximum atomic E-state index is 14.1. The second-order valence-electron chi connectivity index (χ2n) is 14.6. The van der Waals surface area contributed by atoms with Crippen LogP contribution in [0.15, 0.2) is 30.4 Å². The molecule has 2 aliphatic rings. The van der Waals surface area contributed by atoms with Crippen molar-refractivity contribution in [2.24, 2.45) is 0 Å². The highest BCUT2D eigenvalue weighted by molar-refractivity contribution is 6.76. The van der Waals surface area contributed by atoms with Crippen LogP contribution in [0.5, 0.6) is 5.75 Å². The number of rotatable bonds is 11. The highest BCUT2D eigenvalue weighted by atomic mass is 28.4. The summed E-state index contributed by atoms with van der Waals surface area (Å²) in [5.74, 6) is 0.562. The smallest absolute Gasteiger partial charge is 0.414 e. The Balaban J connectivity index is 2.13. The van der Waals surface area contributed by atoms with Gasteiger partial charge in [0.05, 0.1) is 43.7 Å². The van der Waals surface area contributed by atoms with Crippen molar-refractivity contribution in [3.63, 3.8) is 0 Å². The first-order chi connectivity index (χ1) is 20.6. The molecular formula is C33H56N2O7Si2. The van der Waals surface area contributed by atoms with Crippen LogP contribution in [0.3, 0.4) is 0 Å². The molecular weight excluding hydrogens is 593 g/mol. The Bertz CT molecular complexity index is 1130. The topological polar surface area (TPSA) is 95.6 Å². The van der Waals surface area contributed by atoms with Crippen LogP contribution in [-0.4, -0.2) is 74.3 Å². The minimum Gasteiger partial charge on any atom is -0.468 e. The normalized spacial score (nSPS) is 22.2. The molecule has 0 aromatic heterocycles. The third kappa shape index (κ3) is 10.2. The second kappa shape index (κ2) is 15.9. The van der Waals surface area contributed by atoms with Crippen molar-refractivity contribution in [3.05, 3.63) is 35.9 Å². The van der Waals surface area contributed by atoms with Crippen LogP contribution in [0.2, 0.25) is 43.8 Å². The molecule has 3 atom stereocenters. The number of allylic oxidation sites excluding steroid dienone is 1. The van der Waals surface area contributed by atoms with E-state index in [1.54, 1.807) is 12.0 Å². The number of fused-ring (bicyclic) bond motifs is 4. The fourth-order valence-electron chi connectivity index (χ4n) is 5.08. The van der Waals surface area contributed by atoms with Crippen molar-refractivity contribution in [1.29, 1.82) is 0 Å². The van der Waals surface area contributed by atoms with Crippen molar-refractivity contribution < 1.29 is 33.0 Å². The molecule has 1 aromatic carbocycles. The Hall–Kier alpha value is -2.19. The predicted octanol–water partition coefficient (Wildman–Crippen LogP) is 7.42. The van der Waals surface area contributed by atoms with Gasteiger partial charge in [-0.15, -0.1) is 0 Å². The van der Waals surface area contributed by atoms with Gasteiger partial charge in [0.1, 0.15) is 5.75 Å². The molecule has 2 bridgehead atoms. The van der Waals surface area contributed by atoms with Crippen LogP contribution in [0.4, 0.5) is 10.5 Å². The molecule has 248 valence electrons. The Labute approximate surface area is 267 Å². The third-order valence-electron chi connectivity index (χ3n) is 8.77. The second-order valence-corrected chi connectivity index (χ2v) is 25.0. The Morgan fingerprint density at radius 1 is 1.05 bits per heavy atom. The maximum Gasteiger partial charge on any atom is 0.414 e. The van der Waals surface area contributed by atoms with Gasteiger partial charge in [-0.25, -0.2) is 4.79 Å². The molecule has 2 heterocycles. The SMILES string of the molecule is COCCOCOc1ccc2c(c1)[C@@H]1NC(=O)CCCC/C=C/C[C@@H]([C@@H]1O[Si](C)(C)C(C)(C)C)N2C(=O)OCC[Si](C)(C)C. The monoisotopic (exact) mass is 648 g/mol. The molecule has 0 radical (unpaired) electrons. The van der Waals surface area contributed by atoms with Crippen LogP contribution in [0.25, 0.3) is 0 Å². The van der Waals surface area contributed by atoms with Crippen molar-refractivity contribution in [1.82, 2.24) is 5.32 Å². The zero-order valence-electron chi connectivity index (χ0n) is 28.5. The number of nitrogens with one attached hydrogen (secondary N) is 1. The number of amides is 2. The summed E-state index contributed by atoms with van der Waals surface area (Å²) in [6.07, 6.45) is 7.10. The molecule has 0 unspecified atom stereocenters. The predicted molar refractivity (Wildman–Crippen MR) is 181 cm³/mol. The summed E-state index contributed by atoms with van der Waals surface area (Å²) >= 11 is 0. The maximum absolute atomic E-state index is 14.1. The van der Waals surface area contributed by atoms with Crippen LogP contribution in [-0.2, 0) is 23.4 Å². The molecule has 1 N–H and O–H groups in total. The highest BCUT2D eigenvalue weighted by Crippen LogP contribution is 2.46. The fraction of sp³-hybridized carbons (Fsp3) is 0.697. The first-order valence-corrected chi connectivity index (χ1v) is 22.7. The number of ether oxygens (including phenoxy) is 4. The summed E-state index contributed by atoms with van der Waals surface area (Å²) < 4.78 is 29.7. The van der Waals surface area contributed by atoms with Crippen molar-refractivity contribution in [2.45, 2.75) is 115 Å². The highest BCUT2D eigenvalue weighted by Gasteiger charge is 2.50. The number of carbonyl (C=O) groups is 2. The average molecular weight is 649 g/mol. The molecule has 3 rings (SSSR count). The molecule has 2 amide bonds. The van der Waals surface area contributed by atoms with Gasteiger partial charge in [0.2, 0.25) is 5.91 Å². The number of anilines is 1. The summed E-state index contributed by atoms with van der Waals surface area (Å²) in [4.78, 5) is 29.2. The van der Waals surface area contributed by atoms with Crippen LogP contribution in [0.1, 0.15) is 64.5 Å². The van der Waals surface area contributed by atoms with E-state index in [9.17, 15) is 9.59 Å². The number of hydrogen-bond acceptors (Lipinski definition) is 7. The van der Waals surface area contributed by atoms with Crippen LogP contribution < -0.4 is 15.0 Å². The number of methoxy groups -OCH3 is 1. The van der Waals surface area contributed by atoms with E-state index in [1.807, 2.05) is 18.2 Å². The molecule has 0 saturated heterocycles. The summed E-state index contributed by atoms with van der Waals surface area (Å²) in [5, 5.41) is 3.26. The molecule has 0 fully saturated rings. The van der Waals surface area contributed by atoms with E-state index in [0.717, 1.165) is 30.9 Å². The molecule has 0 spiro atoms. The number of nitrogens with zero attached hydrogens (tertiary/aromatic N) is 1. The molecule has 1 aromatic rings. The van der Waals surface area contributed by atoms with Crippen molar-refractivity contribution >= 4 is 34.1 Å². The third-order valence-corrected chi connectivity index (χ3v) is 14.9. The lowest BCUT2D eigenvalue weighted by Crippen LogP contribution is -2.60. The summed E-state index contributed by atoms with van der Waals surface area (Å²) in [7, 11) is -2.16. The minimum absolute atomic E-state index is 0.0199. The van der Waals surface area contributed by atoms with Gasteiger partial charge in [0.25, 0.3) is 0 Å². The largest absolute Gasteiger partial charge is 0.468 e. The van der Waals surface area contributed by atoms with E-state index in [4.69, 9.17) is 23.4 Å². The summed E-state index contributed by atoms with van der Waals surface area (Å²) in [6.45, 7) is 19.2. The quantitative estimate of drug-likeness (QED) is 0.116. The van der Waals surface area contributed by atoms with Gasteiger partial charge in [-0.05, 0) is 68.1 Å². The lowest BCUT2D eigenvalue weighted by molar-refractivity contribution is -0.123. The van der Waals surface area contributed by atoms with Crippen LogP contribution in [0, 0.1) is 0 Å². The Kier molecular flexibility index (Phi) is 13.1. The zero-order chi connectivity index (χ0) is 32.5. The fourth-order valence-corrected chi connectivity index (χ4v) is 7.13. The molecule has 0 saturated carbocycles. The summed E-state index contributed by atoms with van der Waals surface area (Å²) in [6, 6.07) is 5.66. The zero-order valence-corrected chi connectivity index (χ0v) is 30.5. The lowest BCUT2D eigenvalue weighted by atomic mass is 9.86. The molecule has 9 nitrogen and oxygen atoms in total. The van der Waals surface area contributed by atoms with E-state index in [2.05, 4.69) is 71.0 Å². The Morgan fingerprint density at radius 2 is 1.80 bits per heavy atom. The van der Waals surface area contributed by atoms with E-state index >= 15 is 0 Å². The van der Waals surface area contributed by atoms with E-state index in [1.165, 1.54) is 0 Å². The standard InChI is InChI=1S/C33H56N2O7Si2/c1-33(2,3)44(8,9)42-31-28-15-13-11-10-12-14-16-29(36)34-30(31)26-23-25(41-24-39-20-19-38-4)17-18-27(26)35(28)32(37)40-21-22-43(5,6)7/h11,13,17-18,23,28,30-31H,10,12,14-16,19-22,24H2,1-9H3,(H,34,36)/b13-11+/t28-,30-,31-/m0/s1. The van der Waals surface area contributed by atoms with Crippen molar-refractivity contribution in [2.75, 3.05) is 38.6 Å². The van der Waals surface area contributed by atoms with Gasteiger partial charge in [-0.1, -0.05) is 52.6 Å². The van der Waals surface area contributed by atoms with Gasteiger partial charge in [-0.2, -0.15) is 0 Å². The lowest BCUT2D eigenvalue weighted by Gasteiger charge is -2.50. The molecule has 0 aliphatic carbocycles. The van der Waals surface area contributed by atoms with Gasteiger partial charge >= 0.3 is 6.09 Å². The van der Waals surface area contributed by atoms with E-state index in [-0.39, 0.29) is 29.9 Å². The van der Waals surface area contributed by atoms with E-state index < -0.39 is 28.5 Å². The van der Waals surface area contributed by atoms with Gasteiger partial charge in [-0.3, -0.25) is 9.69 Å². The van der Waals surface area contributed by atoms with Gasteiger partial charge in [0, 0.05) is 27.2 Å². The van der Waals surface area contributed by atoms with Crippen molar-refractivity contribution in [3.8, 4) is 5.75 Å². The molecule has 11 heteroatoms. The summed E-state index contributed by atoms with van der Waals surface area (Å²) in [5.41, 5.74) is 1.47. The average Bonchev–Trinajstić information content (AvgIpc) is 2.91. The van der Waals surface area contributed by atoms with E-state index in [0.29, 0.717) is 44.1 Å². The minimum atomic E-state index is -2.37. The first kappa shape index (κ1) is 36.3. The number of benzene rings is 1. The number of carbonyl (C=O) groups excluding carboxylic acids is 2. The Morgan fingerprint density at radius 3 is 2.48 bits per heavy atom. The molecule has 2 aliphatic heterocycles. The molecule has 44 heavy (non-hydrogen) atoms. The number of hydrogen-bond donors (Lipinski definition) is 1. The van der Waals surface area contributed by atoms with Gasteiger partial charge in [0.15, 0.2) is 15.1 Å². The van der Waals surface area contributed by atoms with Crippen LogP contribution >= 0.6 is 0 Å². The van der Waals surface area contributed by atoms with Gasteiger partial charge < -0.3 is 28.7 Å².